The lowest BCUT2D eigenvalue weighted by Crippen LogP contribution is -2.04. The molecule has 4 rings (SSSR count). The molecule has 0 spiro atoms. The lowest BCUT2D eigenvalue weighted by atomic mass is 10.1. The van der Waals surface area contributed by atoms with Crippen LogP contribution in [0.25, 0.3) is 16.5 Å². The third kappa shape index (κ3) is 3.02. The molecular weight excluding hydrogens is 316 g/mol. The van der Waals surface area contributed by atoms with Crippen LogP contribution in [0, 0.1) is 0 Å². The first-order chi connectivity index (χ1) is 12.3. The number of benzene rings is 3. The molecule has 0 saturated carbocycles. The SMILES string of the molecule is Oc1ccc(C=NNc2nnnn2-c2cccc3ccccc23)cc1. The van der Waals surface area contributed by atoms with E-state index in [1.807, 2.05) is 42.5 Å². The molecule has 1 aromatic heterocycles. The van der Waals surface area contributed by atoms with Crippen LogP contribution in [0.2, 0.25) is 0 Å². The van der Waals surface area contributed by atoms with Crippen molar-refractivity contribution in [2.75, 3.05) is 5.43 Å². The number of nitrogens with zero attached hydrogens (tertiary/aromatic N) is 5. The normalized spacial score (nSPS) is 11.2. The van der Waals surface area contributed by atoms with Gasteiger partial charge in [-0.15, -0.1) is 0 Å². The molecule has 0 fully saturated rings. The summed E-state index contributed by atoms with van der Waals surface area (Å²) in [7, 11) is 0. The van der Waals surface area contributed by atoms with Crippen LogP contribution in [0.1, 0.15) is 5.56 Å². The van der Waals surface area contributed by atoms with E-state index in [0.29, 0.717) is 5.95 Å². The topological polar surface area (TPSA) is 88.2 Å². The molecule has 0 atom stereocenters. The molecule has 0 bridgehead atoms. The second-order valence-corrected chi connectivity index (χ2v) is 5.37. The molecule has 7 nitrogen and oxygen atoms in total. The van der Waals surface area contributed by atoms with E-state index >= 15 is 0 Å². The van der Waals surface area contributed by atoms with E-state index in [0.717, 1.165) is 22.0 Å². The van der Waals surface area contributed by atoms with E-state index in [1.54, 1.807) is 35.2 Å². The van der Waals surface area contributed by atoms with Crippen molar-refractivity contribution in [2.45, 2.75) is 0 Å². The Balaban J connectivity index is 1.63. The van der Waals surface area contributed by atoms with Crippen LogP contribution in [0.5, 0.6) is 5.75 Å². The Morgan fingerprint density at radius 3 is 2.64 bits per heavy atom. The van der Waals surface area contributed by atoms with Gasteiger partial charge in [0.2, 0.25) is 0 Å². The minimum absolute atomic E-state index is 0.213. The quantitative estimate of drug-likeness (QED) is 0.444. The molecule has 0 aliphatic rings. The highest BCUT2D eigenvalue weighted by molar-refractivity contribution is 5.90. The molecular formula is C18H14N6O. The number of hydrogen-bond donors (Lipinski definition) is 2. The predicted molar refractivity (Wildman–Crippen MR) is 96.0 cm³/mol. The lowest BCUT2D eigenvalue weighted by molar-refractivity contribution is 0.475. The Kier molecular flexibility index (Phi) is 3.80. The van der Waals surface area contributed by atoms with Crippen molar-refractivity contribution in [3.8, 4) is 11.4 Å². The number of fused-ring (bicyclic) bond motifs is 1. The molecule has 0 aliphatic heterocycles. The van der Waals surface area contributed by atoms with Crippen molar-refractivity contribution in [3.63, 3.8) is 0 Å². The summed E-state index contributed by atoms with van der Waals surface area (Å²) in [6.07, 6.45) is 1.63. The average Bonchev–Trinajstić information content (AvgIpc) is 3.11. The second kappa shape index (κ2) is 6.40. The van der Waals surface area contributed by atoms with Gasteiger partial charge in [0.1, 0.15) is 5.75 Å². The fourth-order valence-corrected chi connectivity index (χ4v) is 2.54. The van der Waals surface area contributed by atoms with E-state index < -0.39 is 0 Å². The maximum atomic E-state index is 9.29. The third-order valence-electron chi connectivity index (χ3n) is 3.74. The predicted octanol–water partition coefficient (Wildman–Crippen LogP) is 2.97. The highest BCUT2D eigenvalue weighted by Crippen LogP contribution is 2.23. The van der Waals surface area contributed by atoms with Gasteiger partial charge in [0, 0.05) is 5.39 Å². The molecule has 122 valence electrons. The molecule has 1 heterocycles. The van der Waals surface area contributed by atoms with Crippen molar-refractivity contribution < 1.29 is 5.11 Å². The number of rotatable bonds is 4. The Morgan fingerprint density at radius 1 is 0.960 bits per heavy atom. The van der Waals surface area contributed by atoms with E-state index in [1.165, 1.54) is 0 Å². The van der Waals surface area contributed by atoms with Gasteiger partial charge in [-0.05, 0) is 51.7 Å². The number of tetrazole rings is 1. The van der Waals surface area contributed by atoms with Crippen molar-refractivity contribution in [1.29, 1.82) is 0 Å². The summed E-state index contributed by atoms with van der Waals surface area (Å²) in [6.45, 7) is 0. The average molecular weight is 330 g/mol. The van der Waals surface area contributed by atoms with Gasteiger partial charge in [-0.25, -0.2) is 5.43 Å². The number of aromatic hydroxyl groups is 1. The van der Waals surface area contributed by atoms with Crippen LogP contribution in [0.15, 0.2) is 71.8 Å². The van der Waals surface area contributed by atoms with Crippen LogP contribution in [0.4, 0.5) is 5.95 Å². The van der Waals surface area contributed by atoms with Crippen LogP contribution < -0.4 is 5.43 Å². The van der Waals surface area contributed by atoms with Gasteiger partial charge in [0.05, 0.1) is 11.9 Å². The zero-order chi connectivity index (χ0) is 17.1. The van der Waals surface area contributed by atoms with Crippen molar-refractivity contribution in [3.05, 3.63) is 72.3 Å². The van der Waals surface area contributed by atoms with Crippen LogP contribution in [0.3, 0.4) is 0 Å². The fraction of sp³-hybridized carbons (Fsp3) is 0. The summed E-state index contributed by atoms with van der Waals surface area (Å²) in [6, 6.07) is 20.7. The highest BCUT2D eigenvalue weighted by atomic mass is 16.3. The number of hydrogen-bond acceptors (Lipinski definition) is 6. The summed E-state index contributed by atoms with van der Waals surface area (Å²) in [5, 5.41) is 27.4. The Bertz CT molecular complexity index is 1030. The highest BCUT2D eigenvalue weighted by Gasteiger charge is 2.10. The van der Waals surface area contributed by atoms with Crippen molar-refractivity contribution in [2.24, 2.45) is 5.10 Å². The van der Waals surface area contributed by atoms with Crippen LogP contribution in [-0.4, -0.2) is 31.5 Å². The van der Waals surface area contributed by atoms with Gasteiger partial charge in [0.15, 0.2) is 0 Å². The molecule has 7 heteroatoms. The Labute approximate surface area is 143 Å². The van der Waals surface area contributed by atoms with Gasteiger partial charge >= 0.3 is 0 Å². The zero-order valence-electron chi connectivity index (χ0n) is 13.1. The fourth-order valence-electron chi connectivity index (χ4n) is 2.54. The molecule has 0 unspecified atom stereocenters. The third-order valence-corrected chi connectivity index (χ3v) is 3.74. The molecule has 25 heavy (non-hydrogen) atoms. The molecule has 3 aromatic carbocycles. The summed E-state index contributed by atoms with van der Waals surface area (Å²) in [4.78, 5) is 0. The van der Waals surface area contributed by atoms with Gasteiger partial charge in [-0.2, -0.15) is 9.78 Å². The van der Waals surface area contributed by atoms with Gasteiger partial charge in [0.25, 0.3) is 5.95 Å². The summed E-state index contributed by atoms with van der Waals surface area (Å²) >= 11 is 0. The first-order valence-corrected chi connectivity index (χ1v) is 7.66. The van der Waals surface area contributed by atoms with Gasteiger partial charge < -0.3 is 5.11 Å². The number of hydrazone groups is 1. The number of nitrogens with one attached hydrogen (secondary N) is 1. The monoisotopic (exact) mass is 330 g/mol. The number of phenolic OH excluding ortho intramolecular Hbond substituents is 1. The number of phenols is 1. The Morgan fingerprint density at radius 2 is 1.76 bits per heavy atom. The zero-order valence-corrected chi connectivity index (χ0v) is 13.1. The molecule has 2 N–H and O–H groups in total. The van der Waals surface area contributed by atoms with Gasteiger partial charge in [-0.1, -0.05) is 41.5 Å². The standard InChI is InChI=1S/C18H14N6O/c25-15-10-8-13(9-11-15)12-19-20-18-21-22-23-24(18)17-7-3-5-14-4-1-2-6-16(14)17/h1-12,25H,(H,20,21,23). The smallest absolute Gasteiger partial charge is 0.268 e. The van der Waals surface area contributed by atoms with E-state index in [4.69, 9.17) is 0 Å². The summed E-state index contributed by atoms with van der Waals surface area (Å²) in [5.74, 6) is 0.622. The summed E-state index contributed by atoms with van der Waals surface area (Å²) in [5.41, 5.74) is 4.56. The van der Waals surface area contributed by atoms with Crippen molar-refractivity contribution in [1.82, 2.24) is 20.2 Å². The maximum Gasteiger partial charge on any atom is 0.268 e. The Hall–Kier alpha value is -3.74. The van der Waals surface area contributed by atoms with E-state index in [2.05, 4.69) is 26.1 Å². The molecule has 0 aliphatic carbocycles. The maximum absolute atomic E-state index is 9.29. The van der Waals surface area contributed by atoms with Crippen molar-refractivity contribution >= 4 is 22.9 Å². The molecule has 4 aromatic rings. The van der Waals surface area contributed by atoms with Gasteiger partial charge in [-0.3, -0.25) is 0 Å². The van der Waals surface area contributed by atoms with Crippen LogP contribution >= 0.6 is 0 Å². The molecule has 0 amide bonds. The first kappa shape index (κ1) is 14.8. The van der Waals surface area contributed by atoms with Crippen LogP contribution in [-0.2, 0) is 0 Å². The second-order valence-electron chi connectivity index (χ2n) is 5.37. The lowest BCUT2D eigenvalue weighted by Gasteiger charge is -2.07. The van der Waals surface area contributed by atoms with E-state index in [-0.39, 0.29) is 5.75 Å². The minimum Gasteiger partial charge on any atom is -0.508 e. The summed E-state index contributed by atoms with van der Waals surface area (Å²) < 4.78 is 1.61. The molecule has 0 radical (unpaired) electrons. The number of anilines is 1. The minimum atomic E-state index is 0.213. The number of aromatic nitrogens is 4. The van der Waals surface area contributed by atoms with E-state index in [9.17, 15) is 5.11 Å². The first-order valence-electron chi connectivity index (χ1n) is 7.66. The molecule has 0 saturated heterocycles. The largest absolute Gasteiger partial charge is 0.508 e.